The van der Waals surface area contributed by atoms with Crippen molar-refractivity contribution < 1.29 is 14.7 Å². The molecular formula is C14H17ClN2O3. The highest BCUT2D eigenvalue weighted by Crippen LogP contribution is 2.23. The zero-order chi connectivity index (χ0) is 14.7. The van der Waals surface area contributed by atoms with Gasteiger partial charge in [-0.15, -0.1) is 0 Å². The van der Waals surface area contributed by atoms with Crippen LogP contribution in [0.15, 0.2) is 18.2 Å². The maximum atomic E-state index is 12.1. The number of nitrogens with one attached hydrogen (secondary N) is 1. The molecule has 0 saturated carbocycles. The predicted octanol–water partition coefficient (Wildman–Crippen LogP) is 3.30. The Bertz CT molecular complexity index is 533. The normalized spacial score (nSPS) is 18.1. The Kier molecular flexibility index (Phi) is 4.49. The number of benzene rings is 1. The summed E-state index contributed by atoms with van der Waals surface area (Å²) in [7, 11) is 0. The molecule has 0 bridgehead atoms. The van der Waals surface area contributed by atoms with E-state index in [4.69, 9.17) is 16.7 Å². The number of rotatable bonds is 3. The van der Waals surface area contributed by atoms with Crippen LogP contribution >= 0.6 is 11.6 Å². The number of amides is 2. The fourth-order valence-corrected chi connectivity index (χ4v) is 2.52. The lowest BCUT2D eigenvalue weighted by molar-refractivity contribution is 0.0697. The fraction of sp³-hybridized carbons (Fsp3) is 0.429. The van der Waals surface area contributed by atoms with E-state index in [1.54, 1.807) is 11.0 Å². The number of anilines is 1. The highest BCUT2D eigenvalue weighted by atomic mass is 35.5. The molecule has 1 saturated heterocycles. The summed E-state index contributed by atoms with van der Waals surface area (Å²) >= 11 is 5.79. The molecule has 1 aliphatic rings. The van der Waals surface area contributed by atoms with E-state index in [9.17, 15) is 9.59 Å². The highest BCUT2D eigenvalue weighted by Gasteiger charge is 2.25. The van der Waals surface area contributed by atoms with E-state index in [0.29, 0.717) is 11.6 Å². The van der Waals surface area contributed by atoms with Gasteiger partial charge in [-0.25, -0.2) is 9.59 Å². The van der Waals surface area contributed by atoms with Gasteiger partial charge in [0.15, 0.2) is 0 Å². The van der Waals surface area contributed by atoms with Crippen LogP contribution in [0.5, 0.6) is 0 Å². The van der Waals surface area contributed by atoms with Crippen molar-refractivity contribution in [3.8, 4) is 0 Å². The molecule has 1 heterocycles. The van der Waals surface area contributed by atoms with Gasteiger partial charge in [0.1, 0.15) is 0 Å². The van der Waals surface area contributed by atoms with Crippen LogP contribution in [-0.2, 0) is 0 Å². The van der Waals surface area contributed by atoms with Gasteiger partial charge in [0.25, 0.3) is 0 Å². The molecule has 1 aromatic carbocycles. The van der Waals surface area contributed by atoms with Crippen LogP contribution < -0.4 is 5.32 Å². The largest absolute Gasteiger partial charge is 0.478 e. The topological polar surface area (TPSA) is 69.6 Å². The van der Waals surface area contributed by atoms with Crippen molar-refractivity contribution in [3.63, 3.8) is 0 Å². The van der Waals surface area contributed by atoms with Gasteiger partial charge in [-0.1, -0.05) is 24.9 Å². The van der Waals surface area contributed by atoms with Crippen LogP contribution in [0.3, 0.4) is 0 Å². The van der Waals surface area contributed by atoms with Crippen LogP contribution in [0.1, 0.15) is 30.1 Å². The third-order valence-electron chi connectivity index (χ3n) is 3.60. The molecular weight excluding hydrogens is 280 g/mol. The number of aromatic carboxylic acids is 1. The molecule has 1 unspecified atom stereocenters. The standard InChI is InChI=1S/C14H17ClN2O3/c1-2-9-5-6-17(8-9)14(20)16-10-3-4-12(15)11(7-10)13(18)19/h3-4,7,9H,2,5-6,8H2,1H3,(H,16,20)(H,18,19). The minimum atomic E-state index is -1.11. The molecule has 6 heteroatoms. The Balaban J connectivity index is 2.05. The highest BCUT2D eigenvalue weighted by molar-refractivity contribution is 6.33. The van der Waals surface area contributed by atoms with Crippen molar-refractivity contribution in [3.05, 3.63) is 28.8 Å². The molecule has 2 amide bonds. The number of likely N-dealkylation sites (tertiary alicyclic amines) is 1. The Labute approximate surface area is 122 Å². The van der Waals surface area contributed by atoms with E-state index < -0.39 is 5.97 Å². The van der Waals surface area contributed by atoms with Crippen LogP contribution in [0.2, 0.25) is 5.02 Å². The second-order valence-electron chi connectivity index (χ2n) is 4.94. The molecule has 0 spiro atoms. The number of urea groups is 1. The average molecular weight is 297 g/mol. The smallest absolute Gasteiger partial charge is 0.337 e. The quantitative estimate of drug-likeness (QED) is 0.899. The lowest BCUT2D eigenvalue weighted by atomic mass is 10.1. The number of hydrogen-bond donors (Lipinski definition) is 2. The molecule has 0 aromatic heterocycles. The molecule has 20 heavy (non-hydrogen) atoms. The van der Waals surface area contributed by atoms with Crippen molar-refractivity contribution in [2.45, 2.75) is 19.8 Å². The van der Waals surface area contributed by atoms with E-state index in [1.165, 1.54) is 12.1 Å². The summed E-state index contributed by atoms with van der Waals surface area (Å²) in [6.45, 7) is 3.61. The minimum Gasteiger partial charge on any atom is -0.478 e. The first-order valence-electron chi connectivity index (χ1n) is 6.60. The van der Waals surface area contributed by atoms with Crippen LogP contribution in [-0.4, -0.2) is 35.1 Å². The Hall–Kier alpha value is -1.75. The van der Waals surface area contributed by atoms with E-state index in [1.807, 2.05) is 0 Å². The summed E-state index contributed by atoms with van der Waals surface area (Å²) < 4.78 is 0. The molecule has 1 fully saturated rings. The number of halogens is 1. The molecule has 2 rings (SSSR count). The molecule has 0 radical (unpaired) electrons. The van der Waals surface area contributed by atoms with E-state index >= 15 is 0 Å². The summed E-state index contributed by atoms with van der Waals surface area (Å²) in [5, 5.41) is 11.9. The van der Waals surface area contributed by atoms with Crippen molar-refractivity contribution >= 4 is 29.3 Å². The van der Waals surface area contributed by atoms with E-state index in [2.05, 4.69) is 12.2 Å². The van der Waals surface area contributed by atoms with Crippen molar-refractivity contribution in [1.29, 1.82) is 0 Å². The Morgan fingerprint density at radius 2 is 2.25 bits per heavy atom. The number of carboxylic acid groups (broad SMARTS) is 1. The van der Waals surface area contributed by atoms with Crippen molar-refractivity contribution in [2.75, 3.05) is 18.4 Å². The average Bonchev–Trinajstić information content (AvgIpc) is 2.89. The molecule has 1 aromatic rings. The van der Waals surface area contributed by atoms with E-state index in [0.717, 1.165) is 25.9 Å². The van der Waals surface area contributed by atoms with Gasteiger partial charge < -0.3 is 15.3 Å². The number of carbonyl (C=O) groups excluding carboxylic acids is 1. The molecule has 108 valence electrons. The number of hydrogen-bond acceptors (Lipinski definition) is 2. The second kappa shape index (κ2) is 6.13. The van der Waals surface area contributed by atoms with Crippen molar-refractivity contribution in [1.82, 2.24) is 4.90 Å². The summed E-state index contributed by atoms with van der Waals surface area (Å²) in [5.41, 5.74) is 0.425. The van der Waals surface area contributed by atoms with Gasteiger partial charge in [0.05, 0.1) is 10.6 Å². The maximum absolute atomic E-state index is 12.1. The molecule has 1 atom stereocenters. The molecule has 5 nitrogen and oxygen atoms in total. The zero-order valence-corrected chi connectivity index (χ0v) is 12.0. The van der Waals surface area contributed by atoms with Crippen molar-refractivity contribution in [2.24, 2.45) is 5.92 Å². The molecule has 2 N–H and O–H groups in total. The number of carboxylic acids is 1. The predicted molar refractivity (Wildman–Crippen MR) is 77.4 cm³/mol. The lowest BCUT2D eigenvalue weighted by Crippen LogP contribution is -2.33. The first-order chi connectivity index (χ1) is 9.51. The van der Waals surface area contributed by atoms with Gasteiger partial charge >= 0.3 is 12.0 Å². The van der Waals surface area contributed by atoms with Gasteiger partial charge in [-0.3, -0.25) is 0 Å². The third-order valence-corrected chi connectivity index (χ3v) is 3.93. The van der Waals surface area contributed by atoms with E-state index in [-0.39, 0.29) is 16.6 Å². The van der Waals surface area contributed by atoms with Crippen LogP contribution in [0.25, 0.3) is 0 Å². The van der Waals surface area contributed by atoms with Crippen LogP contribution in [0.4, 0.5) is 10.5 Å². The van der Waals surface area contributed by atoms with Gasteiger partial charge in [0.2, 0.25) is 0 Å². The minimum absolute atomic E-state index is 0.0164. The number of nitrogens with zero attached hydrogens (tertiary/aromatic N) is 1. The van der Waals surface area contributed by atoms with Crippen LogP contribution in [0, 0.1) is 5.92 Å². The summed E-state index contributed by atoms with van der Waals surface area (Å²) in [5.74, 6) is -0.557. The zero-order valence-electron chi connectivity index (χ0n) is 11.2. The summed E-state index contributed by atoms with van der Waals surface area (Å²) in [6.07, 6.45) is 2.08. The first kappa shape index (κ1) is 14.7. The van der Waals surface area contributed by atoms with Gasteiger partial charge in [-0.05, 0) is 30.5 Å². The third kappa shape index (κ3) is 3.22. The molecule has 1 aliphatic heterocycles. The number of carbonyl (C=O) groups is 2. The Morgan fingerprint density at radius 3 is 2.85 bits per heavy atom. The summed E-state index contributed by atoms with van der Waals surface area (Å²) in [6, 6.07) is 4.25. The monoisotopic (exact) mass is 296 g/mol. The fourth-order valence-electron chi connectivity index (χ4n) is 2.32. The van der Waals surface area contributed by atoms with Gasteiger partial charge in [0, 0.05) is 18.8 Å². The van der Waals surface area contributed by atoms with Gasteiger partial charge in [-0.2, -0.15) is 0 Å². The first-order valence-corrected chi connectivity index (χ1v) is 6.97. The molecule has 0 aliphatic carbocycles. The SMILES string of the molecule is CCC1CCN(C(=O)Nc2ccc(Cl)c(C(=O)O)c2)C1. The Morgan fingerprint density at radius 1 is 1.50 bits per heavy atom. The maximum Gasteiger partial charge on any atom is 0.337 e. The lowest BCUT2D eigenvalue weighted by Gasteiger charge is -2.17. The summed E-state index contributed by atoms with van der Waals surface area (Å²) in [4.78, 5) is 24.8. The second-order valence-corrected chi connectivity index (χ2v) is 5.35.